The Morgan fingerprint density at radius 3 is 2.48 bits per heavy atom. The van der Waals surface area contributed by atoms with E-state index in [2.05, 4.69) is 20.2 Å². The summed E-state index contributed by atoms with van der Waals surface area (Å²) in [4.78, 5) is 13.9. The van der Waals surface area contributed by atoms with Crippen molar-refractivity contribution in [3.63, 3.8) is 0 Å². The molecule has 0 unspecified atom stereocenters. The minimum Gasteiger partial charge on any atom is -0.326 e. The molecule has 6 nitrogen and oxygen atoms in total. The summed E-state index contributed by atoms with van der Waals surface area (Å²) >= 11 is 0. The van der Waals surface area contributed by atoms with Gasteiger partial charge in [-0.3, -0.25) is 0 Å². The molecular weight excluding hydrogens is 391 g/mol. The molecule has 5 rings (SSSR count). The van der Waals surface area contributed by atoms with Gasteiger partial charge in [-0.1, -0.05) is 18.2 Å². The lowest BCUT2D eigenvalue weighted by Gasteiger charge is -2.25. The van der Waals surface area contributed by atoms with E-state index in [1.54, 1.807) is 18.3 Å². The molecule has 1 fully saturated rings. The van der Waals surface area contributed by atoms with Crippen molar-refractivity contribution < 1.29 is 4.39 Å². The summed E-state index contributed by atoms with van der Waals surface area (Å²) in [5.74, 6) is 0.256. The molecule has 0 amide bonds. The van der Waals surface area contributed by atoms with Crippen molar-refractivity contribution in [2.75, 3.05) is 18.4 Å². The number of imidazole rings is 1. The molecule has 2 N–H and O–H groups in total. The topological polar surface area (TPSA) is 67.7 Å². The second-order valence-electron chi connectivity index (χ2n) is 7.59. The molecule has 0 aliphatic carbocycles. The van der Waals surface area contributed by atoms with Gasteiger partial charge in [-0.25, -0.2) is 19.3 Å². The first-order chi connectivity index (χ1) is 15.3. The van der Waals surface area contributed by atoms with Crippen LogP contribution in [0.2, 0.25) is 0 Å². The van der Waals surface area contributed by atoms with Gasteiger partial charge < -0.3 is 15.2 Å². The second kappa shape index (κ2) is 8.65. The van der Waals surface area contributed by atoms with Crippen molar-refractivity contribution in [3.05, 3.63) is 79.0 Å². The van der Waals surface area contributed by atoms with Crippen LogP contribution in [0.5, 0.6) is 0 Å². The van der Waals surface area contributed by atoms with Gasteiger partial charge >= 0.3 is 0 Å². The van der Waals surface area contributed by atoms with Crippen LogP contribution in [0.1, 0.15) is 18.9 Å². The first-order valence-electron chi connectivity index (χ1n) is 10.5. The van der Waals surface area contributed by atoms with Crippen LogP contribution in [0.3, 0.4) is 0 Å². The van der Waals surface area contributed by atoms with E-state index in [0.29, 0.717) is 12.0 Å². The summed E-state index contributed by atoms with van der Waals surface area (Å²) in [5, 5.41) is 6.67. The van der Waals surface area contributed by atoms with E-state index < -0.39 is 0 Å². The number of piperidine rings is 1. The number of hydrogen-bond acceptors (Lipinski definition) is 5. The maximum Gasteiger partial charge on any atom is 0.227 e. The van der Waals surface area contributed by atoms with Gasteiger partial charge in [0.15, 0.2) is 0 Å². The maximum atomic E-state index is 13.5. The zero-order chi connectivity index (χ0) is 21.0. The second-order valence-corrected chi connectivity index (χ2v) is 7.59. The highest BCUT2D eigenvalue weighted by Crippen LogP contribution is 2.35. The number of benzene rings is 2. The van der Waals surface area contributed by atoms with Crippen molar-refractivity contribution in [1.82, 2.24) is 24.8 Å². The third-order valence-electron chi connectivity index (χ3n) is 5.54. The van der Waals surface area contributed by atoms with Crippen molar-refractivity contribution in [3.8, 4) is 22.6 Å². The van der Waals surface area contributed by atoms with Crippen LogP contribution in [0.4, 0.5) is 16.0 Å². The first-order valence-corrected chi connectivity index (χ1v) is 10.5. The van der Waals surface area contributed by atoms with Gasteiger partial charge in [0.2, 0.25) is 5.95 Å². The Kier molecular flexibility index (Phi) is 5.41. The Morgan fingerprint density at radius 1 is 0.935 bits per heavy atom. The molecule has 7 heteroatoms. The van der Waals surface area contributed by atoms with Gasteiger partial charge in [0.25, 0.3) is 0 Å². The first kappa shape index (κ1) is 19.4. The molecule has 31 heavy (non-hydrogen) atoms. The summed E-state index contributed by atoms with van der Waals surface area (Å²) in [7, 11) is 0. The van der Waals surface area contributed by atoms with Gasteiger partial charge in [0.05, 0.1) is 23.4 Å². The normalized spacial score (nSPS) is 14.5. The monoisotopic (exact) mass is 414 g/mol. The zero-order valence-electron chi connectivity index (χ0n) is 17.0. The average molecular weight is 414 g/mol. The molecule has 2 aromatic carbocycles. The van der Waals surface area contributed by atoms with Crippen molar-refractivity contribution >= 4 is 11.6 Å². The molecule has 156 valence electrons. The average Bonchev–Trinajstić information content (AvgIpc) is 3.26. The molecule has 1 saturated heterocycles. The van der Waals surface area contributed by atoms with Crippen LogP contribution < -0.4 is 10.6 Å². The van der Waals surface area contributed by atoms with E-state index in [0.717, 1.165) is 54.3 Å². The van der Waals surface area contributed by atoms with Gasteiger partial charge in [-0.05, 0) is 68.4 Å². The van der Waals surface area contributed by atoms with Crippen LogP contribution in [-0.2, 0) is 0 Å². The van der Waals surface area contributed by atoms with E-state index >= 15 is 0 Å². The summed E-state index contributed by atoms with van der Waals surface area (Å²) < 4.78 is 15.7. The fourth-order valence-electron chi connectivity index (χ4n) is 4.00. The number of anilines is 2. The van der Waals surface area contributed by atoms with E-state index in [9.17, 15) is 4.39 Å². The summed E-state index contributed by atoms with van der Waals surface area (Å²) in [5.41, 5.74) is 4.29. The maximum absolute atomic E-state index is 13.5. The predicted molar refractivity (Wildman–Crippen MR) is 120 cm³/mol. The number of rotatable bonds is 5. The van der Waals surface area contributed by atoms with E-state index in [1.165, 1.54) is 12.1 Å². The zero-order valence-corrected chi connectivity index (χ0v) is 17.0. The predicted octanol–water partition coefficient (Wildman–Crippen LogP) is 4.81. The Balaban J connectivity index is 1.58. The fourth-order valence-corrected chi connectivity index (χ4v) is 4.00. The smallest absolute Gasteiger partial charge is 0.227 e. The third-order valence-corrected chi connectivity index (χ3v) is 5.54. The molecule has 1 aliphatic heterocycles. The highest BCUT2D eigenvalue weighted by molar-refractivity contribution is 5.77. The largest absolute Gasteiger partial charge is 0.326 e. The SMILES string of the molecule is Fc1ccc(-c2ncn(C3CCNCC3)c2-c2ccnc(Nc3ccccc3)n2)cc1. The molecule has 4 aromatic rings. The van der Waals surface area contributed by atoms with Crippen LogP contribution in [0.15, 0.2) is 73.2 Å². The van der Waals surface area contributed by atoms with E-state index in [4.69, 9.17) is 9.97 Å². The molecular formula is C24H23FN6. The van der Waals surface area contributed by atoms with Gasteiger partial charge in [-0.15, -0.1) is 0 Å². The summed E-state index contributed by atoms with van der Waals surface area (Å²) in [6.07, 6.45) is 5.68. The quantitative estimate of drug-likeness (QED) is 0.490. The fraction of sp³-hybridized carbons (Fsp3) is 0.208. The third kappa shape index (κ3) is 4.18. The molecule has 0 spiro atoms. The number of halogens is 1. The Hall–Kier alpha value is -3.58. The Labute approximate surface area is 180 Å². The van der Waals surface area contributed by atoms with Crippen LogP contribution in [-0.4, -0.2) is 32.6 Å². The minimum atomic E-state index is -0.264. The molecule has 2 aromatic heterocycles. The molecule has 0 radical (unpaired) electrons. The Morgan fingerprint density at radius 2 is 1.71 bits per heavy atom. The van der Waals surface area contributed by atoms with E-state index in [-0.39, 0.29) is 5.82 Å². The number of nitrogens with zero attached hydrogens (tertiary/aromatic N) is 4. The molecule has 0 saturated carbocycles. The standard InChI is InChI=1S/C24H23FN6/c25-18-8-6-17(7-9-18)22-23(31(16-28-22)20-10-13-26-14-11-20)21-12-15-27-24(30-21)29-19-4-2-1-3-5-19/h1-9,12,15-16,20,26H,10-11,13-14H2,(H,27,29,30). The Bertz CT molecular complexity index is 1150. The molecule has 3 heterocycles. The molecule has 0 atom stereocenters. The lowest BCUT2D eigenvalue weighted by atomic mass is 10.0. The summed E-state index contributed by atoms with van der Waals surface area (Å²) in [6.45, 7) is 1.94. The van der Waals surface area contributed by atoms with Gasteiger partial charge in [0.1, 0.15) is 5.82 Å². The number of nitrogens with one attached hydrogen (secondary N) is 2. The van der Waals surface area contributed by atoms with Gasteiger partial charge in [-0.2, -0.15) is 0 Å². The van der Waals surface area contributed by atoms with Crippen molar-refractivity contribution in [2.24, 2.45) is 0 Å². The van der Waals surface area contributed by atoms with Crippen LogP contribution in [0, 0.1) is 5.82 Å². The molecule has 0 bridgehead atoms. The molecule has 1 aliphatic rings. The highest BCUT2D eigenvalue weighted by Gasteiger charge is 2.23. The minimum absolute atomic E-state index is 0.264. The lowest BCUT2D eigenvalue weighted by Crippen LogP contribution is -2.29. The van der Waals surface area contributed by atoms with Gasteiger partial charge in [0, 0.05) is 23.5 Å². The highest BCUT2D eigenvalue weighted by atomic mass is 19.1. The van der Waals surface area contributed by atoms with Crippen LogP contribution in [0.25, 0.3) is 22.6 Å². The van der Waals surface area contributed by atoms with Crippen LogP contribution >= 0.6 is 0 Å². The lowest BCUT2D eigenvalue weighted by molar-refractivity contribution is 0.370. The van der Waals surface area contributed by atoms with Crippen molar-refractivity contribution in [1.29, 1.82) is 0 Å². The number of para-hydroxylation sites is 1. The van der Waals surface area contributed by atoms with Crippen molar-refractivity contribution in [2.45, 2.75) is 18.9 Å². The number of aromatic nitrogens is 4. The number of hydrogen-bond donors (Lipinski definition) is 2. The van der Waals surface area contributed by atoms with E-state index in [1.807, 2.05) is 42.7 Å². The summed E-state index contributed by atoms with van der Waals surface area (Å²) in [6, 6.07) is 18.5.